The van der Waals surface area contributed by atoms with E-state index in [1.165, 1.54) is 30.8 Å². The molecule has 0 spiro atoms. The van der Waals surface area contributed by atoms with Gasteiger partial charge in [0.15, 0.2) is 0 Å². The maximum atomic E-state index is 6.02. The van der Waals surface area contributed by atoms with Gasteiger partial charge in [0, 0.05) is 23.3 Å². The van der Waals surface area contributed by atoms with Crippen LogP contribution in [0.5, 0.6) is 0 Å². The van der Waals surface area contributed by atoms with E-state index in [0.29, 0.717) is 12.6 Å². The Morgan fingerprint density at radius 2 is 2.21 bits per heavy atom. The fourth-order valence-corrected chi connectivity index (χ4v) is 4.06. The van der Waals surface area contributed by atoms with Crippen LogP contribution in [0, 0.1) is 5.92 Å². The minimum absolute atomic E-state index is 0.303. The lowest BCUT2D eigenvalue weighted by Crippen LogP contribution is -2.38. The van der Waals surface area contributed by atoms with Gasteiger partial charge in [0.1, 0.15) is 0 Å². The summed E-state index contributed by atoms with van der Waals surface area (Å²) in [6.07, 6.45) is 2.59. The molecule has 0 radical (unpaired) electrons. The maximum absolute atomic E-state index is 6.02. The van der Waals surface area contributed by atoms with Crippen LogP contribution in [0.15, 0.2) is 11.4 Å². The molecule has 19 heavy (non-hydrogen) atoms. The summed E-state index contributed by atoms with van der Waals surface area (Å²) >= 11 is 7.73. The van der Waals surface area contributed by atoms with Crippen LogP contribution in [0.4, 0.5) is 0 Å². The highest BCUT2D eigenvalue weighted by molar-refractivity contribution is 7.10. The van der Waals surface area contributed by atoms with Gasteiger partial charge in [-0.05, 0) is 52.0 Å². The van der Waals surface area contributed by atoms with Crippen LogP contribution in [0.2, 0.25) is 5.02 Å². The highest BCUT2D eigenvalue weighted by atomic mass is 35.5. The fourth-order valence-electron chi connectivity index (χ4n) is 2.80. The monoisotopic (exact) mass is 301 g/mol. The zero-order valence-corrected chi connectivity index (χ0v) is 13.4. The molecule has 1 atom stereocenters. The number of nitrogens with zero attached hydrogens (tertiary/aromatic N) is 2. The molecule has 2 N–H and O–H groups in total. The minimum Gasteiger partial charge on any atom is -0.329 e. The molecule has 1 aliphatic rings. The first-order valence-corrected chi connectivity index (χ1v) is 8.18. The second kappa shape index (κ2) is 7.04. The van der Waals surface area contributed by atoms with Gasteiger partial charge in [0.2, 0.25) is 0 Å². The smallest absolute Gasteiger partial charge is 0.0562 e. The van der Waals surface area contributed by atoms with Crippen molar-refractivity contribution in [1.82, 2.24) is 9.80 Å². The van der Waals surface area contributed by atoms with E-state index >= 15 is 0 Å². The Kier molecular flexibility index (Phi) is 5.66. The van der Waals surface area contributed by atoms with Gasteiger partial charge in [-0.15, -0.1) is 11.3 Å². The van der Waals surface area contributed by atoms with Crippen molar-refractivity contribution in [3.05, 3.63) is 21.3 Å². The van der Waals surface area contributed by atoms with E-state index in [1.807, 2.05) is 5.38 Å². The van der Waals surface area contributed by atoms with Gasteiger partial charge in [-0.3, -0.25) is 4.90 Å². The van der Waals surface area contributed by atoms with Gasteiger partial charge in [-0.1, -0.05) is 11.6 Å². The Bertz CT molecular complexity index is 388. The Morgan fingerprint density at radius 1 is 1.53 bits per heavy atom. The summed E-state index contributed by atoms with van der Waals surface area (Å²) in [4.78, 5) is 6.09. The summed E-state index contributed by atoms with van der Waals surface area (Å²) in [5, 5.41) is 2.81. The summed E-state index contributed by atoms with van der Waals surface area (Å²) in [7, 11) is 4.39. The van der Waals surface area contributed by atoms with E-state index in [9.17, 15) is 0 Å². The Morgan fingerprint density at radius 3 is 2.74 bits per heavy atom. The molecule has 108 valence electrons. The predicted octanol–water partition coefficient (Wildman–Crippen LogP) is 2.67. The fraction of sp³-hybridized carbons (Fsp3) is 0.714. The largest absolute Gasteiger partial charge is 0.329 e. The lowest BCUT2D eigenvalue weighted by molar-refractivity contribution is 0.153. The van der Waals surface area contributed by atoms with Crippen molar-refractivity contribution in [2.45, 2.75) is 18.9 Å². The molecule has 1 fully saturated rings. The van der Waals surface area contributed by atoms with Crippen LogP contribution in [0.25, 0.3) is 0 Å². The first kappa shape index (κ1) is 15.3. The number of piperidine rings is 1. The minimum atomic E-state index is 0.303. The van der Waals surface area contributed by atoms with Gasteiger partial charge in [-0.25, -0.2) is 0 Å². The molecule has 1 aliphatic heterocycles. The lowest BCUT2D eigenvalue weighted by Gasteiger charge is -2.34. The zero-order valence-electron chi connectivity index (χ0n) is 11.8. The number of rotatable bonds is 5. The van der Waals surface area contributed by atoms with E-state index in [1.54, 1.807) is 11.3 Å². The molecule has 3 nitrogen and oxygen atoms in total. The Labute approximate surface area is 125 Å². The van der Waals surface area contributed by atoms with Crippen LogP contribution in [-0.4, -0.2) is 50.1 Å². The summed E-state index contributed by atoms with van der Waals surface area (Å²) in [6.45, 7) is 4.22. The molecule has 0 amide bonds. The van der Waals surface area contributed by atoms with Crippen LogP contribution in [-0.2, 0) is 0 Å². The van der Waals surface area contributed by atoms with Gasteiger partial charge >= 0.3 is 0 Å². The maximum Gasteiger partial charge on any atom is 0.0562 e. The third-order valence-corrected chi connectivity index (χ3v) is 5.44. The van der Waals surface area contributed by atoms with E-state index in [2.05, 4.69) is 30.0 Å². The highest BCUT2D eigenvalue weighted by Gasteiger charge is 2.23. The number of halogens is 1. The number of likely N-dealkylation sites (N-methyl/N-ethyl adjacent to an activating group) is 1. The Hall–Kier alpha value is -0.130. The van der Waals surface area contributed by atoms with E-state index in [4.69, 9.17) is 17.3 Å². The normalized spacial score (nSPS) is 20.1. The zero-order chi connectivity index (χ0) is 13.8. The molecule has 0 aliphatic carbocycles. The second-order valence-corrected chi connectivity index (χ2v) is 6.98. The number of likely N-dealkylation sites (tertiary alicyclic amines) is 1. The molecule has 1 aromatic rings. The van der Waals surface area contributed by atoms with Gasteiger partial charge < -0.3 is 10.6 Å². The third kappa shape index (κ3) is 4.17. The predicted molar refractivity (Wildman–Crippen MR) is 84.0 cm³/mol. The van der Waals surface area contributed by atoms with Crippen LogP contribution in [0.3, 0.4) is 0 Å². The topological polar surface area (TPSA) is 32.5 Å². The molecular weight excluding hydrogens is 278 g/mol. The molecule has 1 unspecified atom stereocenters. The molecule has 0 bridgehead atoms. The molecule has 2 heterocycles. The van der Waals surface area contributed by atoms with Crippen molar-refractivity contribution in [1.29, 1.82) is 0 Å². The first-order chi connectivity index (χ1) is 9.10. The summed E-state index contributed by atoms with van der Waals surface area (Å²) in [5.74, 6) is 0.797. The molecule has 0 saturated carbocycles. The molecule has 5 heteroatoms. The van der Waals surface area contributed by atoms with E-state index in [0.717, 1.165) is 17.5 Å². The van der Waals surface area contributed by atoms with Gasteiger partial charge in [0.25, 0.3) is 0 Å². The van der Waals surface area contributed by atoms with Crippen molar-refractivity contribution < 1.29 is 0 Å². The number of nitrogens with two attached hydrogens (primary N) is 1. The quantitative estimate of drug-likeness (QED) is 0.907. The van der Waals surface area contributed by atoms with Crippen LogP contribution >= 0.6 is 22.9 Å². The Balaban J connectivity index is 1.91. The summed E-state index contributed by atoms with van der Waals surface area (Å²) in [6, 6.07) is 2.35. The second-order valence-electron chi connectivity index (χ2n) is 5.61. The van der Waals surface area contributed by atoms with Crippen LogP contribution < -0.4 is 5.73 Å². The lowest BCUT2D eigenvalue weighted by atomic mass is 9.96. The van der Waals surface area contributed by atoms with Crippen LogP contribution in [0.1, 0.15) is 23.8 Å². The first-order valence-electron chi connectivity index (χ1n) is 6.93. The molecular formula is C14H24ClN3S. The van der Waals surface area contributed by atoms with Crippen molar-refractivity contribution in [2.75, 3.05) is 40.3 Å². The highest BCUT2D eigenvalue weighted by Crippen LogP contribution is 2.29. The molecule has 1 aromatic heterocycles. The summed E-state index contributed by atoms with van der Waals surface area (Å²) in [5.41, 5.74) is 5.96. The molecule has 2 rings (SSSR count). The van der Waals surface area contributed by atoms with E-state index in [-0.39, 0.29) is 0 Å². The number of thiophene rings is 1. The average molecular weight is 302 g/mol. The standard InChI is InChI=1S/C14H24ClN3S/c1-17-5-3-11(4-6-17)9-18(2)13(8-16)14-7-12(15)10-19-14/h7,10-11,13H,3-6,8-9,16H2,1-2H3. The van der Waals surface area contributed by atoms with Crippen molar-refractivity contribution in [3.63, 3.8) is 0 Å². The summed E-state index contributed by atoms with van der Waals surface area (Å²) < 4.78 is 0. The van der Waals surface area contributed by atoms with Crippen molar-refractivity contribution in [2.24, 2.45) is 11.7 Å². The number of hydrogen-bond acceptors (Lipinski definition) is 4. The molecule has 1 saturated heterocycles. The number of hydrogen-bond donors (Lipinski definition) is 1. The third-order valence-electron chi connectivity index (χ3n) is 4.06. The average Bonchev–Trinajstić information content (AvgIpc) is 2.80. The van der Waals surface area contributed by atoms with Gasteiger partial charge in [-0.2, -0.15) is 0 Å². The van der Waals surface area contributed by atoms with E-state index < -0.39 is 0 Å². The molecule has 0 aromatic carbocycles. The SMILES string of the molecule is CN1CCC(CN(C)C(CN)c2cc(Cl)cs2)CC1. The van der Waals surface area contributed by atoms with Crippen molar-refractivity contribution in [3.8, 4) is 0 Å². The van der Waals surface area contributed by atoms with Gasteiger partial charge in [0.05, 0.1) is 11.1 Å². The van der Waals surface area contributed by atoms with Crippen molar-refractivity contribution >= 4 is 22.9 Å².